The monoisotopic (exact) mass is 314 g/mol. The van der Waals surface area contributed by atoms with Gasteiger partial charge in [0, 0.05) is 38.1 Å². The molecule has 23 heavy (non-hydrogen) atoms. The van der Waals surface area contributed by atoms with Gasteiger partial charge in [0.05, 0.1) is 0 Å². The van der Waals surface area contributed by atoms with Crippen molar-refractivity contribution in [1.29, 1.82) is 0 Å². The van der Waals surface area contributed by atoms with Crippen LogP contribution in [0.2, 0.25) is 0 Å². The molecule has 5 rings (SSSR count). The minimum atomic E-state index is 0.317. The number of carbonyl (C=O) groups excluding carboxylic acids is 1. The lowest BCUT2D eigenvalue weighted by atomic mass is 10.1. The van der Waals surface area contributed by atoms with Crippen LogP contribution >= 0.6 is 0 Å². The third-order valence-corrected chi connectivity index (χ3v) is 5.70. The van der Waals surface area contributed by atoms with Crippen molar-refractivity contribution in [3.8, 4) is 11.5 Å². The summed E-state index contributed by atoms with van der Waals surface area (Å²) in [4.78, 5) is 17.0. The number of hydrogen-bond donors (Lipinski definition) is 0. The maximum absolute atomic E-state index is 12.4. The summed E-state index contributed by atoms with van der Waals surface area (Å²) in [6, 6.07) is 7.02. The third-order valence-electron chi connectivity index (χ3n) is 5.70. The molecule has 3 heterocycles. The van der Waals surface area contributed by atoms with E-state index in [1.54, 1.807) is 0 Å². The summed E-state index contributed by atoms with van der Waals surface area (Å²) >= 11 is 0. The first-order valence-corrected chi connectivity index (χ1v) is 8.70. The van der Waals surface area contributed by atoms with Gasteiger partial charge in [0.1, 0.15) is 0 Å². The van der Waals surface area contributed by atoms with E-state index < -0.39 is 0 Å². The number of fused-ring (bicyclic) bond motifs is 2. The minimum absolute atomic E-state index is 0.317. The van der Waals surface area contributed by atoms with Gasteiger partial charge in [-0.1, -0.05) is 6.07 Å². The molecule has 0 spiro atoms. The summed E-state index contributed by atoms with van der Waals surface area (Å²) in [5.74, 6) is 2.82. The fourth-order valence-corrected chi connectivity index (χ4v) is 4.30. The summed E-state index contributed by atoms with van der Waals surface area (Å²) < 4.78 is 10.8. The van der Waals surface area contributed by atoms with Crippen LogP contribution in [0.3, 0.4) is 0 Å². The lowest BCUT2D eigenvalue weighted by Gasteiger charge is -2.25. The molecule has 3 aliphatic heterocycles. The molecule has 1 aromatic rings. The Morgan fingerprint density at radius 1 is 1.09 bits per heavy atom. The molecule has 4 aliphatic rings. The normalized spacial score (nSPS) is 29.4. The van der Waals surface area contributed by atoms with E-state index in [1.807, 2.05) is 6.07 Å². The first-order valence-electron chi connectivity index (χ1n) is 8.70. The van der Waals surface area contributed by atoms with Gasteiger partial charge in [-0.15, -0.1) is 0 Å². The van der Waals surface area contributed by atoms with Crippen LogP contribution in [0.1, 0.15) is 31.2 Å². The molecule has 2 atom stereocenters. The van der Waals surface area contributed by atoms with Gasteiger partial charge in [-0.2, -0.15) is 0 Å². The highest BCUT2D eigenvalue weighted by Crippen LogP contribution is 2.38. The largest absolute Gasteiger partial charge is 0.454 e. The van der Waals surface area contributed by atoms with Crippen molar-refractivity contribution in [2.24, 2.45) is 5.92 Å². The van der Waals surface area contributed by atoms with Gasteiger partial charge in [0.25, 0.3) is 0 Å². The first kappa shape index (κ1) is 13.7. The van der Waals surface area contributed by atoms with Crippen LogP contribution in [0.25, 0.3) is 0 Å². The predicted octanol–water partition coefficient (Wildman–Crippen LogP) is 2.00. The molecule has 3 fully saturated rings. The van der Waals surface area contributed by atoms with Crippen LogP contribution in [0.15, 0.2) is 18.2 Å². The van der Waals surface area contributed by atoms with E-state index in [0.717, 1.165) is 43.5 Å². The van der Waals surface area contributed by atoms with Crippen molar-refractivity contribution in [3.05, 3.63) is 23.8 Å². The molecule has 122 valence electrons. The van der Waals surface area contributed by atoms with Crippen LogP contribution in [0.4, 0.5) is 0 Å². The summed E-state index contributed by atoms with van der Waals surface area (Å²) in [7, 11) is 0. The summed E-state index contributed by atoms with van der Waals surface area (Å²) in [5.41, 5.74) is 1.24. The van der Waals surface area contributed by atoms with Gasteiger partial charge in [-0.05, 0) is 42.9 Å². The highest BCUT2D eigenvalue weighted by atomic mass is 16.7. The zero-order valence-electron chi connectivity index (χ0n) is 13.2. The topological polar surface area (TPSA) is 42.0 Å². The summed E-state index contributed by atoms with van der Waals surface area (Å²) in [6.45, 7) is 3.29. The molecule has 1 aromatic carbocycles. The van der Waals surface area contributed by atoms with Crippen molar-refractivity contribution in [2.45, 2.75) is 44.3 Å². The zero-order valence-corrected chi connectivity index (χ0v) is 13.2. The van der Waals surface area contributed by atoms with Crippen LogP contribution in [0.5, 0.6) is 11.5 Å². The minimum Gasteiger partial charge on any atom is -0.454 e. The van der Waals surface area contributed by atoms with Crippen LogP contribution in [0, 0.1) is 5.92 Å². The summed E-state index contributed by atoms with van der Waals surface area (Å²) in [5, 5.41) is 0. The third kappa shape index (κ3) is 2.38. The second-order valence-electron chi connectivity index (χ2n) is 7.28. The van der Waals surface area contributed by atoms with E-state index in [4.69, 9.17) is 9.47 Å². The van der Waals surface area contributed by atoms with E-state index >= 15 is 0 Å². The van der Waals surface area contributed by atoms with Gasteiger partial charge in [-0.3, -0.25) is 9.69 Å². The van der Waals surface area contributed by atoms with E-state index in [1.165, 1.54) is 18.4 Å². The predicted molar refractivity (Wildman–Crippen MR) is 84.2 cm³/mol. The van der Waals surface area contributed by atoms with Gasteiger partial charge < -0.3 is 14.4 Å². The Morgan fingerprint density at radius 3 is 2.83 bits per heavy atom. The van der Waals surface area contributed by atoms with Crippen LogP contribution in [-0.2, 0) is 11.3 Å². The van der Waals surface area contributed by atoms with Gasteiger partial charge in [0.2, 0.25) is 12.7 Å². The number of carbonyl (C=O) groups is 1. The van der Waals surface area contributed by atoms with Gasteiger partial charge in [-0.25, -0.2) is 0 Å². The zero-order chi connectivity index (χ0) is 15.4. The van der Waals surface area contributed by atoms with E-state index in [0.29, 0.717) is 31.2 Å². The lowest BCUT2D eigenvalue weighted by molar-refractivity contribution is -0.129. The van der Waals surface area contributed by atoms with Gasteiger partial charge in [0.15, 0.2) is 11.5 Å². The van der Waals surface area contributed by atoms with Crippen molar-refractivity contribution in [2.75, 3.05) is 19.9 Å². The average Bonchev–Trinajstić information content (AvgIpc) is 2.97. The fraction of sp³-hybridized carbons (Fsp3) is 0.611. The highest BCUT2D eigenvalue weighted by molar-refractivity contribution is 5.80. The van der Waals surface area contributed by atoms with Crippen molar-refractivity contribution >= 4 is 5.91 Å². The standard InChI is InChI=1S/C18H22N2O3/c21-18-8-15-14(20(18)10-12-1-2-12)5-6-19(15)9-13-3-4-16-17(7-13)23-11-22-16/h3-4,7,12,14-15H,1-2,5-6,8-11H2/t14-,15+/m0/s1. The Balaban J connectivity index is 1.30. The second-order valence-corrected chi connectivity index (χ2v) is 7.28. The van der Waals surface area contributed by atoms with Crippen LogP contribution < -0.4 is 9.47 Å². The average molecular weight is 314 g/mol. The van der Waals surface area contributed by atoms with Gasteiger partial charge >= 0.3 is 0 Å². The number of amides is 1. The molecule has 0 bridgehead atoms. The van der Waals surface area contributed by atoms with E-state index in [9.17, 15) is 4.79 Å². The second kappa shape index (κ2) is 5.13. The Hall–Kier alpha value is -1.75. The number of benzene rings is 1. The lowest BCUT2D eigenvalue weighted by Crippen LogP contribution is -2.38. The molecular formula is C18H22N2O3. The quantitative estimate of drug-likeness (QED) is 0.852. The maximum Gasteiger partial charge on any atom is 0.231 e. The molecule has 1 amide bonds. The van der Waals surface area contributed by atoms with Crippen LogP contribution in [-0.4, -0.2) is 47.7 Å². The Bertz CT molecular complexity index is 643. The SMILES string of the molecule is O=C1C[C@@H]2[C@H](CCN2Cc2ccc3c(c2)OCO3)N1CC1CC1. The molecule has 1 aliphatic carbocycles. The Kier molecular flexibility index (Phi) is 3.05. The number of nitrogens with zero attached hydrogens (tertiary/aromatic N) is 2. The Morgan fingerprint density at radius 2 is 1.96 bits per heavy atom. The smallest absolute Gasteiger partial charge is 0.231 e. The van der Waals surface area contributed by atoms with Crippen molar-refractivity contribution in [3.63, 3.8) is 0 Å². The number of likely N-dealkylation sites (tertiary alicyclic amines) is 2. The molecule has 0 unspecified atom stereocenters. The number of ether oxygens (including phenoxy) is 2. The van der Waals surface area contributed by atoms with E-state index in [2.05, 4.69) is 21.9 Å². The van der Waals surface area contributed by atoms with Crippen molar-refractivity contribution < 1.29 is 14.3 Å². The molecule has 0 radical (unpaired) electrons. The molecule has 5 nitrogen and oxygen atoms in total. The summed E-state index contributed by atoms with van der Waals surface area (Å²) in [6.07, 6.45) is 4.43. The van der Waals surface area contributed by atoms with Crippen molar-refractivity contribution in [1.82, 2.24) is 9.80 Å². The highest BCUT2D eigenvalue weighted by Gasteiger charge is 2.47. The number of rotatable bonds is 4. The molecule has 0 aromatic heterocycles. The number of hydrogen-bond acceptors (Lipinski definition) is 4. The Labute approximate surface area is 136 Å². The molecule has 0 N–H and O–H groups in total. The fourth-order valence-electron chi connectivity index (χ4n) is 4.30. The molecular weight excluding hydrogens is 292 g/mol. The molecule has 5 heteroatoms. The van der Waals surface area contributed by atoms with E-state index in [-0.39, 0.29) is 0 Å². The molecule has 2 saturated heterocycles. The molecule has 1 saturated carbocycles. The maximum atomic E-state index is 12.4. The first-order chi connectivity index (χ1) is 11.3.